The Bertz CT molecular complexity index is 700. The molecule has 0 aromatic heterocycles. The topological polar surface area (TPSA) is 40.5 Å². The van der Waals surface area contributed by atoms with Gasteiger partial charge >= 0.3 is 0 Å². The van der Waals surface area contributed by atoms with Gasteiger partial charge < -0.3 is 10.0 Å². The van der Waals surface area contributed by atoms with Gasteiger partial charge in [-0.2, -0.15) is 0 Å². The summed E-state index contributed by atoms with van der Waals surface area (Å²) in [6.07, 6.45) is 4.95. The summed E-state index contributed by atoms with van der Waals surface area (Å²) < 4.78 is 0. The zero-order valence-electron chi connectivity index (χ0n) is 14.9. The number of likely N-dealkylation sites (tertiary alicyclic amines) is 1. The number of benzene rings is 2. The van der Waals surface area contributed by atoms with E-state index in [1.807, 2.05) is 60.4 Å². The molecule has 2 aromatic rings. The van der Waals surface area contributed by atoms with Crippen molar-refractivity contribution in [3.63, 3.8) is 0 Å². The van der Waals surface area contributed by atoms with Gasteiger partial charge in [-0.25, -0.2) is 0 Å². The van der Waals surface area contributed by atoms with Crippen LogP contribution in [-0.4, -0.2) is 29.0 Å². The van der Waals surface area contributed by atoms with Crippen molar-refractivity contribution in [3.05, 3.63) is 59.7 Å². The van der Waals surface area contributed by atoms with Crippen molar-refractivity contribution in [2.24, 2.45) is 0 Å². The van der Waals surface area contributed by atoms with E-state index in [-0.39, 0.29) is 5.91 Å². The van der Waals surface area contributed by atoms with E-state index in [0.29, 0.717) is 6.42 Å². The lowest BCUT2D eigenvalue weighted by Gasteiger charge is -2.20. The van der Waals surface area contributed by atoms with Gasteiger partial charge in [-0.15, -0.1) is 0 Å². The molecule has 1 aliphatic rings. The average molecular weight is 337 g/mol. The van der Waals surface area contributed by atoms with E-state index in [4.69, 9.17) is 0 Å². The maximum atomic E-state index is 12.8. The third-order valence-electron chi connectivity index (χ3n) is 5.02. The number of amides is 1. The molecule has 0 radical (unpaired) electrons. The molecular formula is C22H27NO2. The van der Waals surface area contributed by atoms with Gasteiger partial charge in [0, 0.05) is 18.7 Å². The van der Waals surface area contributed by atoms with E-state index in [2.05, 4.69) is 0 Å². The van der Waals surface area contributed by atoms with E-state index < -0.39 is 6.10 Å². The van der Waals surface area contributed by atoms with E-state index in [1.54, 1.807) is 0 Å². The normalized spacial score (nSPS) is 16.3. The Morgan fingerprint density at radius 2 is 1.68 bits per heavy atom. The SMILES string of the molecule is CC[C@H](O)c1ccc(-c2cccc(C(=O)N3CCCCCC3)c2)cc1. The predicted octanol–water partition coefficient (Wildman–Crippen LogP) is 4.81. The molecule has 0 saturated carbocycles. The molecule has 0 aliphatic carbocycles. The van der Waals surface area contributed by atoms with Crippen molar-refractivity contribution in [2.75, 3.05) is 13.1 Å². The minimum Gasteiger partial charge on any atom is -0.388 e. The van der Waals surface area contributed by atoms with Gasteiger partial charge in [-0.05, 0) is 48.1 Å². The van der Waals surface area contributed by atoms with Crippen LogP contribution in [0.5, 0.6) is 0 Å². The van der Waals surface area contributed by atoms with Gasteiger partial charge in [0.25, 0.3) is 5.91 Å². The molecule has 3 rings (SSSR count). The molecular weight excluding hydrogens is 310 g/mol. The molecule has 1 aliphatic heterocycles. The predicted molar refractivity (Wildman–Crippen MR) is 102 cm³/mol. The van der Waals surface area contributed by atoms with Crippen molar-refractivity contribution in [3.8, 4) is 11.1 Å². The van der Waals surface area contributed by atoms with Crippen LogP contribution in [0.25, 0.3) is 11.1 Å². The lowest BCUT2D eigenvalue weighted by Crippen LogP contribution is -2.31. The summed E-state index contributed by atoms with van der Waals surface area (Å²) >= 11 is 0. The zero-order chi connectivity index (χ0) is 17.6. The second-order valence-electron chi connectivity index (χ2n) is 6.83. The first-order valence-corrected chi connectivity index (χ1v) is 9.37. The number of aliphatic hydroxyl groups excluding tert-OH is 1. The lowest BCUT2D eigenvalue weighted by atomic mass is 9.99. The number of nitrogens with zero attached hydrogens (tertiary/aromatic N) is 1. The summed E-state index contributed by atoms with van der Waals surface area (Å²) in [7, 11) is 0. The lowest BCUT2D eigenvalue weighted by molar-refractivity contribution is 0.0761. The second kappa shape index (κ2) is 8.30. The summed E-state index contributed by atoms with van der Waals surface area (Å²) in [6, 6.07) is 15.8. The number of carbonyl (C=O) groups excluding carboxylic acids is 1. The molecule has 25 heavy (non-hydrogen) atoms. The van der Waals surface area contributed by atoms with Crippen LogP contribution in [0.2, 0.25) is 0 Å². The van der Waals surface area contributed by atoms with Crippen LogP contribution >= 0.6 is 0 Å². The first kappa shape index (κ1) is 17.7. The molecule has 2 aromatic carbocycles. The Kier molecular flexibility index (Phi) is 5.87. The fourth-order valence-corrected chi connectivity index (χ4v) is 3.42. The Balaban J connectivity index is 1.80. The fraction of sp³-hybridized carbons (Fsp3) is 0.409. The molecule has 1 amide bonds. The Morgan fingerprint density at radius 1 is 1.00 bits per heavy atom. The quantitative estimate of drug-likeness (QED) is 0.869. The van der Waals surface area contributed by atoms with E-state index in [1.165, 1.54) is 12.8 Å². The highest BCUT2D eigenvalue weighted by atomic mass is 16.3. The third kappa shape index (κ3) is 4.29. The van der Waals surface area contributed by atoms with Gasteiger partial charge in [0.2, 0.25) is 0 Å². The monoisotopic (exact) mass is 337 g/mol. The second-order valence-corrected chi connectivity index (χ2v) is 6.83. The van der Waals surface area contributed by atoms with Gasteiger partial charge in [-0.3, -0.25) is 4.79 Å². The Hall–Kier alpha value is -2.13. The first-order chi connectivity index (χ1) is 12.2. The zero-order valence-corrected chi connectivity index (χ0v) is 14.9. The molecule has 1 atom stereocenters. The standard InChI is InChI=1S/C22H27NO2/c1-2-21(24)18-12-10-17(11-13-18)19-8-7-9-20(16-19)22(25)23-14-5-3-4-6-15-23/h7-13,16,21,24H,2-6,14-15H2,1H3/t21-/m0/s1. The third-order valence-corrected chi connectivity index (χ3v) is 5.02. The first-order valence-electron chi connectivity index (χ1n) is 9.37. The highest BCUT2D eigenvalue weighted by Crippen LogP contribution is 2.25. The highest BCUT2D eigenvalue weighted by molar-refractivity contribution is 5.95. The van der Waals surface area contributed by atoms with Crippen molar-refractivity contribution >= 4 is 5.91 Å². The highest BCUT2D eigenvalue weighted by Gasteiger charge is 2.17. The molecule has 0 bridgehead atoms. The van der Waals surface area contributed by atoms with E-state index in [9.17, 15) is 9.90 Å². The molecule has 1 fully saturated rings. The molecule has 1 N–H and O–H groups in total. The van der Waals surface area contributed by atoms with Gasteiger partial charge in [-0.1, -0.05) is 56.2 Å². The van der Waals surface area contributed by atoms with Crippen LogP contribution in [0.1, 0.15) is 61.1 Å². The number of carbonyl (C=O) groups is 1. The molecule has 1 heterocycles. The van der Waals surface area contributed by atoms with Crippen LogP contribution in [-0.2, 0) is 0 Å². The fourth-order valence-electron chi connectivity index (χ4n) is 3.42. The summed E-state index contributed by atoms with van der Waals surface area (Å²) in [5.74, 6) is 0.141. The molecule has 3 heteroatoms. The van der Waals surface area contributed by atoms with Gasteiger partial charge in [0.15, 0.2) is 0 Å². The maximum absolute atomic E-state index is 12.8. The van der Waals surface area contributed by atoms with E-state index >= 15 is 0 Å². The smallest absolute Gasteiger partial charge is 0.253 e. The summed E-state index contributed by atoms with van der Waals surface area (Å²) in [5, 5.41) is 9.92. The van der Waals surface area contributed by atoms with Crippen LogP contribution in [0.3, 0.4) is 0 Å². The maximum Gasteiger partial charge on any atom is 0.253 e. The molecule has 0 spiro atoms. The van der Waals surface area contributed by atoms with Crippen molar-refractivity contribution in [1.29, 1.82) is 0 Å². The minimum absolute atomic E-state index is 0.141. The van der Waals surface area contributed by atoms with Crippen LogP contribution < -0.4 is 0 Å². The minimum atomic E-state index is -0.412. The van der Waals surface area contributed by atoms with Crippen LogP contribution in [0, 0.1) is 0 Å². The number of aliphatic hydroxyl groups is 1. The largest absolute Gasteiger partial charge is 0.388 e. The number of rotatable bonds is 4. The van der Waals surface area contributed by atoms with Crippen molar-refractivity contribution in [2.45, 2.75) is 45.1 Å². The molecule has 1 saturated heterocycles. The van der Waals surface area contributed by atoms with Gasteiger partial charge in [0.05, 0.1) is 6.10 Å². The van der Waals surface area contributed by atoms with Crippen molar-refractivity contribution < 1.29 is 9.90 Å². The van der Waals surface area contributed by atoms with Crippen LogP contribution in [0.15, 0.2) is 48.5 Å². The van der Waals surface area contributed by atoms with Crippen LogP contribution in [0.4, 0.5) is 0 Å². The average Bonchev–Trinajstić information content (AvgIpc) is 2.96. The number of hydrogen-bond acceptors (Lipinski definition) is 2. The molecule has 3 nitrogen and oxygen atoms in total. The molecule has 0 unspecified atom stereocenters. The Morgan fingerprint density at radius 3 is 2.32 bits per heavy atom. The van der Waals surface area contributed by atoms with E-state index in [0.717, 1.165) is 48.2 Å². The summed E-state index contributed by atoms with van der Waals surface area (Å²) in [5.41, 5.74) is 3.80. The summed E-state index contributed by atoms with van der Waals surface area (Å²) in [6.45, 7) is 3.70. The molecule has 132 valence electrons. The van der Waals surface area contributed by atoms with Gasteiger partial charge in [0.1, 0.15) is 0 Å². The van der Waals surface area contributed by atoms with Crippen molar-refractivity contribution in [1.82, 2.24) is 4.90 Å². The number of hydrogen-bond donors (Lipinski definition) is 1. The summed E-state index contributed by atoms with van der Waals surface area (Å²) in [4.78, 5) is 14.8. The Labute approximate surface area is 150 Å².